The van der Waals surface area contributed by atoms with Gasteiger partial charge in [0.2, 0.25) is 5.88 Å². The molecule has 8 nitrogen and oxygen atoms in total. The van der Waals surface area contributed by atoms with Gasteiger partial charge in [-0.05, 0) is 61.6 Å². The topological polar surface area (TPSA) is 97.2 Å². The number of phenolic OH excluding ortho intramolecular Hbond substituents is 1. The van der Waals surface area contributed by atoms with Crippen LogP contribution in [0.1, 0.15) is 44.9 Å². The number of alkyl halides is 1. The maximum absolute atomic E-state index is 15.5. The van der Waals surface area contributed by atoms with E-state index in [9.17, 15) is 5.11 Å². The molecule has 0 radical (unpaired) electrons. The van der Waals surface area contributed by atoms with Crippen LogP contribution in [0.2, 0.25) is 0 Å². The molecule has 6 rings (SSSR count). The fourth-order valence-corrected chi connectivity index (χ4v) is 5.88. The molecule has 0 spiro atoms. The van der Waals surface area contributed by atoms with Crippen LogP contribution < -0.4 is 9.64 Å². The SMILES string of the molecule is COc1cc(-c2ccc(-c3ncc(N(C4CC4)[C@H]4C[C@@H]5CCC[C@@H](C5)[C@H]4F)nn3)c(O)c2)cnn1. The van der Waals surface area contributed by atoms with Crippen molar-refractivity contribution in [1.29, 1.82) is 0 Å². The molecule has 4 atom stereocenters. The third kappa shape index (κ3) is 4.28. The number of ether oxygens (including phenoxy) is 1. The zero-order chi connectivity index (χ0) is 23.9. The van der Waals surface area contributed by atoms with Gasteiger partial charge >= 0.3 is 0 Å². The number of methoxy groups -OCH3 is 1. The predicted octanol–water partition coefficient (Wildman–Crippen LogP) is 4.60. The van der Waals surface area contributed by atoms with Gasteiger partial charge in [-0.3, -0.25) is 0 Å². The van der Waals surface area contributed by atoms with Gasteiger partial charge in [-0.1, -0.05) is 18.9 Å². The number of aromatic nitrogens is 5. The molecule has 1 N–H and O–H groups in total. The second kappa shape index (κ2) is 9.02. The summed E-state index contributed by atoms with van der Waals surface area (Å²) in [6.45, 7) is 0. The molecule has 0 aliphatic heterocycles. The molecule has 9 heteroatoms. The molecule has 3 saturated carbocycles. The molecule has 0 unspecified atom stereocenters. The molecule has 3 aliphatic carbocycles. The highest BCUT2D eigenvalue weighted by molar-refractivity contribution is 5.72. The van der Waals surface area contributed by atoms with E-state index < -0.39 is 6.17 Å². The molecular formula is C26H29FN6O2. The molecule has 182 valence electrons. The van der Waals surface area contributed by atoms with E-state index in [1.807, 2.05) is 6.07 Å². The largest absolute Gasteiger partial charge is 0.507 e. The standard InChI is InChI=1S/C26H29FN6O2/c1-35-24-12-18(13-29-31-24)16-5-8-20(22(34)11-16)26-28-14-23(30-32-26)33(19-6-7-19)21-10-15-3-2-4-17(9-15)25(21)27/h5,8,11-15,17,19,21,25,34H,2-4,6-7,9-10H2,1H3/t15-,17+,21+,25-/m1/s1. The van der Waals surface area contributed by atoms with Crippen LogP contribution in [0.3, 0.4) is 0 Å². The summed E-state index contributed by atoms with van der Waals surface area (Å²) in [7, 11) is 1.53. The summed E-state index contributed by atoms with van der Waals surface area (Å²) in [6, 6.07) is 7.16. The van der Waals surface area contributed by atoms with Crippen molar-refractivity contribution in [2.75, 3.05) is 12.0 Å². The average molecular weight is 477 g/mol. The maximum Gasteiger partial charge on any atom is 0.233 e. The van der Waals surface area contributed by atoms with Gasteiger partial charge in [-0.25, -0.2) is 9.37 Å². The maximum atomic E-state index is 15.5. The van der Waals surface area contributed by atoms with Gasteiger partial charge in [0.05, 0.1) is 31.1 Å². The van der Waals surface area contributed by atoms with E-state index in [4.69, 9.17) is 4.74 Å². The second-order valence-electron chi connectivity index (χ2n) is 10.0. The predicted molar refractivity (Wildman–Crippen MR) is 129 cm³/mol. The van der Waals surface area contributed by atoms with Gasteiger partial charge in [-0.2, -0.15) is 5.10 Å². The van der Waals surface area contributed by atoms with Crippen molar-refractivity contribution < 1.29 is 14.2 Å². The fourth-order valence-electron chi connectivity index (χ4n) is 5.88. The molecule has 0 amide bonds. The Morgan fingerprint density at radius 2 is 1.89 bits per heavy atom. The molecule has 0 saturated heterocycles. The number of aromatic hydroxyl groups is 1. The molecular weight excluding hydrogens is 447 g/mol. The average Bonchev–Trinajstić information content (AvgIpc) is 3.73. The molecule has 3 fully saturated rings. The number of halogens is 1. The lowest BCUT2D eigenvalue weighted by Crippen LogP contribution is -2.52. The van der Waals surface area contributed by atoms with Crippen LogP contribution in [0.4, 0.5) is 10.2 Å². The quantitative estimate of drug-likeness (QED) is 0.552. The van der Waals surface area contributed by atoms with Crippen LogP contribution in [0, 0.1) is 11.8 Å². The lowest BCUT2D eigenvalue weighted by atomic mass is 9.69. The van der Waals surface area contributed by atoms with Gasteiger partial charge in [0.25, 0.3) is 0 Å². The molecule has 2 bridgehead atoms. The highest BCUT2D eigenvalue weighted by Gasteiger charge is 2.46. The van der Waals surface area contributed by atoms with Gasteiger partial charge in [0.15, 0.2) is 11.6 Å². The summed E-state index contributed by atoms with van der Waals surface area (Å²) in [5, 5.41) is 27.3. The Bertz CT molecular complexity index is 1200. The van der Waals surface area contributed by atoms with Crippen LogP contribution in [0.25, 0.3) is 22.5 Å². The molecule has 3 aromatic rings. The Balaban J connectivity index is 1.25. The van der Waals surface area contributed by atoms with Crippen molar-refractivity contribution in [1.82, 2.24) is 25.4 Å². The molecule has 2 heterocycles. The molecule has 2 aromatic heterocycles. The van der Waals surface area contributed by atoms with Crippen molar-refractivity contribution in [3.8, 4) is 34.1 Å². The monoisotopic (exact) mass is 476 g/mol. The Morgan fingerprint density at radius 1 is 1.00 bits per heavy atom. The van der Waals surface area contributed by atoms with E-state index in [1.165, 1.54) is 13.5 Å². The zero-order valence-corrected chi connectivity index (χ0v) is 19.7. The summed E-state index contributed by atoms with van der Waals surface area (Å²) < 4.78 is 20.6. The number of benzene rings is 1. The van der Waals surface area contributed by atoms with Crippen LogP contribution in [0.15, 0.2) is 36.7 Å². The van der Waals surface area contributed by atoms with E-state index in [1.54, 1.807) is 30.6 Å². The minimum atomic E-state index is -0.827. The van der Waals surface area contributed by atoms with E-state index in [0.717, 1.165) is 49.7 Å². The summed E-state index contributed by atoms with van der Waals surface area (Å²) in [5.41, 5.74) is 2.02. The van der Waals surface area contributed by atoms with Gasteiger partial charge in [-0.15, -0.1) is 15.3 Å². The summed E-state index contributed by atoms with van der Waals surface area (Å²) in [6.07, 6.45) is 9.83. The Morgan fingerprint density at radius 3 is 2.63 bits per heavy atom. The highest BCUT2D eigenvalue weighted by atomic mass is 19.1. The van der Waals surface area contributed by atoms with Crippen LogP contribution in [-0.4, -0.2) is 55.9 Å². The Kier molecular flexibility index (Phi) is 5.70. The number of hydrogen-bond acceptors (Lipinski definition) is 8. The van der Waals surface area contributed by atoms with E-state index >= 15 is 4.39 Å². The first-order valence-electron chi connectivity index (χ1n) is 12.4. The number of anilines is 1. The number of phenols is 1. The zero-order valence-electron chi connectivity index (χ0n) is 19.7. The molecule has 35 heavy (non-hydrogen) atoms. The third-order valence-corrected chi connectivity index (χ3v) is 7.74. The number of hydrogen-bond donors (Lipinski definition) is 1. The highest BCUT2D eigenvalue weighted by Crippen LogP contribution is 2.46. The lowest BCUT2D eigenvalue weighted by Gasteiger charge is -2.46. The first kappa shape index (κ1) is 22.1. The van der Waals surface area contributed by atoms with Gasteiger partial charge < -0.3 is 14.7 Å². The van der Waals surface area contributed by atoms with Crippen LogP contribution >= 0.6 is 0 Å². The number of nitrogens with zero attached hydrogens (tertiary/aromatic N) is 6. The molecule has 3 aliphatic rings. The number of rotatable bonds is 6. The first-order chi connectivity index (χ1) is 17.1. The Labute approximate surface area is 203 Å². The Hall–Kier alpha value is -3.36. The number of fused-ring (bicyclic) bond motifs is 2. The minimum absolute atomic E-state index is 0.0378. The van der Waals surface area contributed by atoms with E-state index in [-0.39, 0.29) is 17.7 Å². The second-order valence-corrected chi connectivity index (χ2v) is 10.0. The summed E-state index contributed by atoms with van der Waals surface area (Å²) in [4.78, 5) is 6.68. The van der Waals surface area contributed by atoms with Crippen LogP contribution in [0.5, 0.6) is 11.6 Å². The molecule has 1 aromatic carbocycles. The van der Waals surface area contributed by atoms with Crippen LogP contribution in [-0.2, 0) is 0 Å². The summed E-state index contributed by atoms with van der Waals surface area (Å²) >= 11 is 0. The van der Waals surface area contributed by atoms with Gasteiger partial charge in [0, 0.05) is 17.7 Å². The van der Waals surface area contributed by atoms with E-state index in [2.05, 4.69) is 30.3 Å². The summed E-state index contributed by atoms with van der Waals surface area (Å²) in [5.74, 6) is 2.17. The van der Waals surface area contributed by atoms with Crippen molar-refractivity contribution in [3.63, 3.8) is 0 Å². The first-order valence-corrected chi connectivity index (χ1v) is 12.4. The van der Waals surface area contributed by atoms with Crippen molar-refractivity contribution >= 4 is 5.82 Å². The normalized spacial score (nSPS) is 25.8. The lowest BCUT2D eigenvalue weighted by molar-refractivity contribution is 0.0631. The van der Waals surface area contributed by atoms with Gasteiger partial charge in [0.1, 0.15) is 11.9 Å². The van der Waals surface area contributed by atoms with Crippen molar-refractivity contribution in [2.45, 2.75) is 63.2 Å². The smallest absolute Gasteiger partial charge is 0.233 e. The van der Waals surface area contributed by atoms with Crippen molar-refractivity contribution in [2.24, 2.45) is 11.8 Å². The van der Waals surface area contributed by atoms with Crippen molar-refractivity contribution in [3.05, 3.63) is 36.7 Å². The fraction of sp³-hybridized carbons (Fsp3) is 0.500. The third-order valence-electron chi connectivity index (χ3n) is 7.74. The minimum Gasteiger partial charge on any atom is -0.507 e. The van der Waals surface area contributed by atoms with E-state index in [0.29, 0.717) is 35.0 Å².